The molecule has 0 aliphatic rings. The second-order valence-corrected chi connectivity index (χ2v) is 7.38. The standard InChI is InChI=1S/C22H24ClN3O2/c1-4-22(5-2,15-10-12-16(23)13-11-15)24-20(27)14-19-17-8-6-7-9-18(17)21(28)26(3)25-19/h6-13H,4-5,14H2,1-3H3,(H,24,27). The lowest BCUT2D eigenvalue weighted by molar-refractivity contribution is -0.122. The van der Waals surface area contributed by atoms with Crippen molar-refractivity contribution in [1.82, 2.24) is 15.1 Å². The first-order chi connectivity index (χ1) is 13.4. The Morgan fingerprint density at radius 1 is 1.07 bits per heavy atom. The number of aryl methyl sites for hydroxylation is 1. The number of rotatable bonds is 6. The fourth-order valence-electron chi connectivity index (χ4n) is 3.65. The summed E-state index contributed by atoms with van der Waals surface area (Å²) in [5, 5.41) is 9.48. The van der Waals surface area contributed by atoms with Crippen LogP contribution >= 0.6 is 11.6 Å². The Kier molecular flexibility index (Phi) is 5.84. The molecule has 0 spiro atoms. The van der Waals surface area contributed by atoms with Gasteiger partial charge in [0.05, 0.1) is 23.0 Å². The van der Waals surface area contributed by atoms with Crippen molar-refractivity contribution in [2.75, 3.05) is 0 Å². The quantitative estimate of drug-likeness (QED) is 0.684. The molecule has 0 saturated carbocycles. The largest absolute Gasteiger partial charge is 0.346 e. The maximum atomic E-state index is 13.0. The number of fused-ring (bicyclic) bond motifs is 1. The number of amides is 1. The van der Waals surface area contributed by atoms with Gasteiger partial charge in [-0.25, -0.2) is 4.68 Å². The number of hydrogen-bond acceptors (Lipinski definition) is 3. The van der Waals surface area contributed by atoms with Crippen molar-refractivity contribution in [2.24, 2.45) is 7.05 Å². The molecule has 146 valence electrons. The molecule has 6 heteroatoms. The summed E-state index contributed by atoms with van der Waals surface area (Å²) in [5.74, 6) is -0.130. The zero-order valence-electron chi connectivity index (χ0n) is 16.3. The molecule has 0 aliphatic heterocycles. The molecular weight excluding hydrogens is 374 g/mol. The van der Waals surface area contributed by atoms with Crippen LogP contribution in [0.4, 0.5) is 0 Å². The van der Waals surface area contributed by atoms with Crippen LogP contribution in [0, 0.1) is 0 Å². The van der Waals surface area contributed by atoms with E-state index in [9.17, 15) is 9.59 Å². The molecule has 0 saturated heterocycles. The summed E-state index contributed by atoms with van der Waals surface area (Å²) in [4.78, 5) is 25.3. The summed E-state index contributed by atoms with van der Waals surface area (Å²) in [6.07, 6.45) is 1.60. The number of carbonyl (C=O) groups excluding carboxylic acids is 1. The van der Waals surface area contributed by atoms with Crippen molar-refractivity contribution in [2.45, 2.75) is 38.6 Å². The Hall–Kier alpha value is -2.66. The van der Waals surface area contributed by atoms with E-state index in [1.54, 1.807) is 13.1 Å². The van der Waals surface area contributed by atoms with E-state index in [0.717, 1.165) is 18.4 Å². The molecule has 0 unspecified atom stereocenters. The first kappa shape index (κ1) is 20.1. The smallest absolute Gasteiger partial charge is 0.274 e. The molecule has 3 aromatic rings. The maximum absolute atomic E-state index is 13.0. The van der Waals surface area contributed by atoms with Crippen LogP contribution in [-0.2, 0) is 23.8 Å². The maximum Gasteiger partial charge on any atom is 0.274 e. The molecule has 0 atom stereocenters. The fourth-order valence-corrected chi connectivity index (χ4v) is 3.77. The van der Waals surface area contributed by atoms with Gasteiger partial charge in [0.1, 0.15) is 0 Å². The van der Waals surface area contributed by atoms with Gasteiger partial charge < -0.3 is 5.32 Å². The van der Waals surface area contributed by atoms with E-state index in [1.807, 2.05) is 42.5 Å². The van der Waals surface area contributed by atoms with Gasteiger partial charge in [0.2, 0.25) is 5.91 Å². The second-order valence-electron chi connectivity index (χ2n) is 6.94. The number of benzene rings is 2. The van der Waals surface area contributed by atoms with Crippen LogP contribution in [-0.4, -0.2) is 15.7 Å². The molecule has 1 heterocycles. The number of nitrogens with one attached hydrogen (secondary N) is 1. The normalized spacial score (nSPS) is 11.6. The van der Waals surface area contributed by atoms with E-state index in [1.165, 1.54) is 4.68 Å². The molecular formula is C22H24ClN3O2. The van der Waals surface area contributed by atoms with E-state index in [4.69, 9.17) is 11.6 Å². The first-order valence-electron chi connectivity index (χ1n) is 9.42. The monoisotopic (exact) mass is 397 g/mol. The van der Waals surface area contributed by atoms with Gasteiger partial charge in [-0.1, -0.05) is 55.8 Å². The van der Waals surface area contributed by atoms with Crippen LogP contribution in [0.15, 0.2) is 53.3 Å². The van der Waals surface area contributed by atoms with Crippen LogP contribution in [0.5, 0.6) is 0 Å². The van der Waals surface area contributed by atoms with Crippen molar-refractivity contribution in [1.29, 1.82) is 0 Å². The summed E-state index contributed by atoms with van der Waals surface area (Å²) in [6.45, 7) is 4.11. The lowest BCUT2D eigenvalue weighted by atomic mass is 9.84. The summed E-state index contributed by atoms with van der Waals surface area (Å²) in [5.41, 5.74) is 0.969. The molecule has 3 rings (SSSR count). The highest BCUT2D eigenvalue weighted by Crippen LogP contribution is 2.30. The Bertz CT molecular complexity index is 1050. The Morgan fingerprint density at radius 2 is 1.68 bits per heavy atom. The molecule has 1 N–H and O–H groups in total. The molecule has 1 amide bonds. The summed E-state index contributed by atoms with van der Waals surface area (Å²) >= 11 is 6.02. The van der Waals surface area contributed by atoms with Gasteiger partial charge in [-0.2, -0.15) is 5.10 Å². The topological polar surface area (TPSA) is 64.0 Å². The van der Waals surface area contributed by atoms with Gasteiger partial charge in [-0.05, 0) is 36.6 Å². The summed E-state index contributed by atoms with van der Waals surface area (Å²) < 4.78 is 1.29. The van der Waals surface area contributed by atoms with Crippen molar-refractivity contribution in [3.05, 3.63) is 75.2 Å². The van der Waals surface area contributed by atoms with Gasteiger partial charge in [0.25, 0.3) is 5.56 Å². The molecule has 0 aliphatic carbocycles. The second kappa shape index (κ2) is 8.15. The predicted octanol–water partition coefficient (Wildman–Crippen LogP) is 3.96. The van der Waals surface area contributed by atoms with E-state index >= 15 is 0 Å². The van der Waals surface area contributed by atoms with Gasteiger partial charge in [-0.3, -0.25) is 9.59 Å². The fraction of sp³-hybridized carbons (Fsp3) is 0.318. The molecule has 0 radical (unpaired) electrons. The third-order valence-corrected chi connectivity index (χ3v) is 5.60. The average molecular weight is 398 g/mol. The van der Waals surface area contributed by atoms with Gasteiger partial charge >= 0.3 is 0 Å². The predicted molar refractivity (Wildman–Crippen MR) is 113 cm³/mol. The van der Waals surface area contributed by atoms with Crippen LogP contribution < -0.4 is 10.9 Å². The Balaban J connectivity index is 1.92. The van der Waals surface area contributed by atoms with Gasteiger partial charge in [0, 0.05) is 17.5 Å². The van der Waals surface area contributed by atoms with Crippen LogP contribution in [0.1, 0.15) is 37.9 Å². The molecule has 0 fully saturated rings. The average Bonchev–Trinajstić information content (AvgIpc) is 2.71. The zero-order chi connectivity index (χ0) is 20.3. The Labute approximate surface area is 169 Å². The number of halogens is 1. The van der Waals surface area contributed by atoms with Crippen molar-refractivity contribution in [3.8, 4) is 0 Å². The zero-order valence-corrected chi connectivity index (χ0v) is 17.1. The summed E-state index contributed by atoms with van der Waals surface area (Å²) in [7, 11) is 1.60. The van der Waals surface area contributed by atoms with E-state index < -0.39 is 5.54 Å². The number of aromatic nitrogens is 2. The highest BCUT2D eigenvalue weighted by Gasteiger charge is 2.30. The first-order valence-corrected chi connectivity index (χ1v) is 9.80. The molecule has 2 aromatic carbocycles. The molecule has 5 nitrogen and oxygen atoms in total. The Morgan fingerprint density at radius 3 is 2.29 bits per heavy atom. The third kappa shape index (κ3) is 3.80. The van der Waals surface area contributed by atoms with Gasteiger partial charge in [0.15, 0.2) is 0 Å². The van der Waals surface area contributed by atoms with Crippen LogP contribution in [0.3, 0.4) is 0 Å². The van der Waals surface area contributed by atoms with Crippen molar-refractivity contribution < 1.29 is 4.79 Å². The number of carbonyl (C=O) groups is 1. The number of nitrogens with zero attached hydrogens (tertiary/aromatic N) is 2. The van der Waals surface area contributed by atoms with Crippen LogP contribution in [0.25, 0.3) is 10.8 Å². The highest BCUT2D eigenvalue weighted by molar-refractivity contribution is 6.30. The van der Waals surface area contributed by atoms with E-state index in [0.29, 0.717) is 21.5 Å². The van der Waals surface area contributed by atoms with Crippen molar-refractivity contribution in [3.63, 3.8) is 0 Å². The van der Waals surface area contributed by atoms with E-state index in [2.05, 4.69) is 24.3 Å². The lowest BCUT2D eigenvalue weighted by Crippen LogP contribution is -2.46. The lowest BCUT2D eigenvalue weighted by Gasteiger charge is -2.33. The SMILES string of the molecule is CCC(CC)(NC(=O)Cc1nn(C)c(=O)c2ccccc12)c1ccc(Cl)cc1. The highest BCUT2D eigenvalue weighted by atomic mass is 35.5. The van der Waals surface area contributed by atoms with E-state index in [-0.39, 0.29) is 17.9 Å². The molecule has 28 heavy (non-hydrogen) atoms. The minimum absolute atomic E-state index is 0.101. The third-order valence-electron chi connectivity index (χ3n) is 5.34. The molecule has 0 bridgehead atoms. The number of hydrogen-bond donors (Lipinski definition) is 1. The summed E-state index contributed by atoms with van der Waals surface area (Å²) in [6, 6.07) is 14.8. The van der Waals surface area contributed by atoms with Crippen molar-refractivity contribution >= 4 is 28.3 Å². The van der Waals surface area contributed by atoms with Gasteiger partial charge in [-0.15, -0.1) is 0 Å². The van der Waals surface area contributed by atoms with Crippen LogP contribution in [0.2, 0.25) is 5.02 Å². The molecule has 1 aromatic heterocycles. The minimum atomic E-state index is -0.474. The minimum Gasteiger partial charge on any atom is -0.346 e.